The summed E-state index contributed by atoms with van der Waals surface area (Å²) in [6, 6.07) is 10.7. The Bertz CT molecular complexity index is 747. The highest BCUT2D eigenvalue weighted by Gasteiger charge is 2.29. The number of anilines is 1. The number of piperazine rings is 1. The fourth-order valence-corrected chi connectivity index (χ4v) is 3.33. The molecule has 5 nitrogen and oxygen atoms in total. The van der Waals surface area contributed by atoms with Gasteiger partial charge in [-0.25, -0.2) is 4.39 Å². The number of halogens is 1. The highest BCUT2D eigenvalue weighted by atomic mass is 19.1. The number of amides is 1. The van der Waals surface area contributed by atoms with Gasteiger partial charge in [0.15, 0.2) is 0 Å². The molecule has 2 heterocycles. The van der Waals surface area contributed by atoms with Crippen molar-refractivity contribution in [3.63, 3.8) is 0 Å². The van der Waals surface area contributed by atoms with E-state index in [4.69, 9.17) is 4.42 Å². The number of hydrogen-bond acceptors (Lipinski definition) is 4. The molecule has 0 unspecified atom stereocenters. The van der Waals surface area contributed by atoms with Crippen LogP contribution in [0.5, 0.6) is 0 Å². The molecule has 1 aromatic heterocycles. The molecule has 146 valence electrons. The van der Waals surface area contributed by atoms with Gasteiger partial charge in [0, 0.05) is 38.1 Å². The Morgan fingerprint density at radius 2 is 1.85 bits per heavy atom. The van der Waals surface area contributed by atoms with E-state index in [-0.39, 0.29) is 17.8 Å². The molecule has 0 aliphatic carbocycles. The van der Waals surface area contributed by atoms with E-state index in [0.29, 0.717) is 12.2 Å². The lowest BCUT2D eigenvalue weighted by Gasteiger charge is -2.39. The minimum atomic E-state index is -0.433. The Morgan fingerprint density at radius 1 is 1.15 bits per heavy atom. The van der Waals surface area contributed by atoms with E-state index in [1.165, 1.54) is 6.07 Å². The normalized spacial score (nSPS) is 17.0. The predicted molar refractivity (Wildman–Crippen MR) is 104 cm³/mol. The van der Waals surface area contributed by atoms with Crippen molar-refractivity contribution in [3.05, 3.63) is 54.2 Å². The van der Waals surface area contributed by atoms with Crippen molar-refractivity contribution in [3.8, 4) is 0 Å². The summed E-state index contributed by atoms with van der Waals surface area (Å²) in [6.07, 6.45) is 1.66. The Kier molecular flexibility index (Phi) is 5.85. The van der Waals surface area contributed by atoms with Gasteiger partial charge in [-0.2, -0.15) is 0 Å². The maximum Gasteiger partial charge on any atom is 0.225 e. The third-order valence-electron chi connectivity index (χ3n) is 4.96. The fraction of sp³-hybridized carbons (Fsp3) is 0.476. The van der Waals surface area contributed by atoms with Crippen molar-refractivity contribution >= 4 is 11.6 Å². The van der Waals surface area contributed by atoms with Crippen LogP contribution in [0.2, 0.25) is 0 Å². The van der Waals surface area contributed by atoms with Crippen LogP contribution < -0.4 is 10.2 Å². The Balaban J connectivity index is 1.66. The molecular weight excluding hydrogens is 345 g/mol. The van der Waals surface area contributed by atoms with Crippen LogP contribution in [-0.2, 0) is 4.79 Å². The second-order valence-electron chi connectivity index (χ2n) is 7.97. The standard InChI is InChI=1S/C21H28FN3O2/c1-21(2,3)20(26)23-15-18(19-9-6-14-27-19)25-12-10-24(11-13-25)17-8-5-4-7-16(17)22/h4-9,14,18H,10-13,15H2,1-3H3,(H,23,26)/t18-/m0/s1. The van der Waals surface area contributed by atoms with Crippen molar-refractivity contribution in [2.45, 2.75) is 26.8 Å². The topological polar surface area (TPSA) is 48.7 Å². The number of nitrogens with one attached hydrogen (secondary N) is 1. The predicted octanol–water partition coefficient (Wildman–Crippen LogP) is 3.44. The van der Waals surface area contributed by atoms with Crippen molar-refractivity contribution in [2.24, 2.45) is 5.41 Å². The summed E-state index contributed by atoms with van der Waals surface area (Å²) in [5.74, 6) is 0.665. The zero-order valence-corrected chi connectivity index (χ0v) is 16.2. The van der Waals surface area contributed by atoms with Gasteiger partial charge in [0.2, 0.25) is 5.91 Å². The highest BCUT2D eigenvalue weighted by Crippen LogP contribution is 2.26. The zero-order valence-electron chi connectivity index (χ0n) is 16.2. The molecule has 1 aliphatic rings. The molecule has 27 heavy (non-hydrogen) atoms. The summed E-state index contributed by atoms with van der Waals surface area (Å²) in [6.45, 7) is 9.18. The minimum absolute atomic E-state index is 0.0176. The van der Waals surface area contributed by atoms with E-state index in [1.807, 2.05) is 45.0 Å². The summed E-state index contributed by atoms with van der Waals surface area (Å²) in [4.78, 5) is 16.6. The average Bonchev–Trinajstić information content (AvgIpc) is 3.16. The van der Waals surface area contributed by atoms with Crippen LogP contribution in [0.3, 0.4) is 0 Å². The van der Waals surface area contributed by atoms with E-state index in [9.17, 15) is 9.18 Å². The lowest BCUT2D eigenvalue weighted by Crippen LogP contribution is -2.50. The Hall–Kier alpha value is -2.34. The molecule has 1 aromatic carbocycles. The van der Waals surface area contributed by atoms with Crippen LogP contribution in [0.4, 0.5) is 10.1 Å². The van der Waals surface area contributed by atoms with Gasteiger partial charge in [0.25, 0.3) is 0 Å². The molecule has 1 saturated heterocycles. The van der Waals surface area contributed by atoms with Crippen LogP contribution >= 0.6 is 0 Å². The van der Waals surface area contributed by atoms with Crippen molar-refractivity contribution in [1.82, 2.24) is 10.2 Å². The van der Waals surface area contributed by atoms with Gasteiger partial charge in [0.1, 0.15) is 11.6 Å². The summed E-state index contributed by atoms with van der Waals surface area (Å²) in [7, 11) is 0. The lowest BCUT2D eigenvalue weighted by molar-refractivity contribution is -0.128. The number of benzene rings is 1. The summed E-state index contributed by atoms with van der Waals surface area (Å²) >= 11 is 0. The van der Waals surface area contributed by atoms with Crippen molar-refractivity contribution < 1.29 is 13.6 Å². The first kappa shape index (κ1) is 19.4. The van der Waals surface area contributed by atoms with E-state index in [0.717, 1.165) is 31.9 Å². The van der Waals surface area contributed by atoms with Gasteiger partial charge < -0.3 is 14.6 Å². The molecule has 0 saturated carbocycles. The number of hydrogen-bond donors (Lipinski definition) is 1. The molecule has 1 amide bonds. The molecule has 6 heteroatoms. The number of furan rings is 1. The van der Waals surface area contributed by atoms with Gasteiger partial charge in [-0.15, -0.1) is 0 Å². The quantitative estimate of drug-likeness (QED) is 0.872. The van der Waals surface area contributed by atoms with Crippen LogP contribution in [0.15, 0.2) is 47.1 Å². The monoisotopic (exact) mass is 373 g/mol. The Labute approximate surface area is 160 Å². The molecule has 1 N–H and O–H groups in total. The Morgan fingerprint density at radius 3 is 2.44 bits per heavy atom. The molecule has 0 bridgehead atoms. The number of para-hydroxylation sites is 1. The van der Waals surface area contributed by atoms with Crippen LogP contribution in [0.1, 0.15) is 32.6 Å². The van der Waals surface area contributed by atoms with Crippen LogP contribution in [0, 0.1) is 11.2 Å². The lowest BCUT2D eigenvalue weighted by atomic mass is 9.95. The zero-order chi connectivity index (χ0) is 19.4. The van der Waals surface area contributed by atoms with Crippen molar-refractivity contribution in [1.29, 1.82) is 0 Å². The largest absolute Gasteiger partial charge is 0.468 e. The third kappa shape index (κ3) is 4.69. The summed E-state index contributed by atoms with van der Waals surface area (Å²) in [5.41, 5.74) is 0.213. The molecule has 1 atom stereocenters. The number of carbonyl (C=O) groups excluding carboxylic acids is 1. The van der Waals surface area contributed by atoms with Crippen LogP contribution in [0.25, 0.3) is 0 Å². The second-order valence-corrected chi connectivity index (χ2v) is 7.97. The van der Waals surface area contributed by atoms with Crippen molar-refractivity contribution in [2.75, 3.05) is 37.6 Å². The van der Waals surface area contributed by atoms with Crippen LogP contribution in [-0.4, -0.2) is 43.5 Å². The van der Waals surface area contributed by atoms with Gasteiger partial charge in [0.05, 0.1) is 18.0 Å². The molecule has 0 radical (unpaired) electrons. The fourth-order valence-electron chi connectivity index (χ4n) is 3.33. The maximum atomic E-state index is 14.1. The molecule has 3 rings (SSSR count). The SMILES string of the molecule is CC(C)(C)C(=O)NC[C@@H](c1ccco1)N1CCN(c2ccccc2F)CC1. The van der Waals surface area contributed by atoms with E-state index < -0.39 is 5.41 Å². The van der Waals surface area contributed by atoms with E-state index >= 15 is 0 Å². The first-order valence-corrected chi connectivity index (χ1v) is 9.41. The van der Waals surface area contributed by atoms with E-state index in [2.05, 4.69) is 15.1 Å². The first-order chi connectivity index (χ1) is 12.9. The van der Waals surface area contributed by atoms with E-state index in [1.54, 1.807) is 12.3 Å². The summed E-state index contributed by atoms with van der Waals surface area (Å²) < 4.78 is 19.7. The second kappa shape index (κ2) is 8.13. The third-order valence-corrected chi connectivity index (χ3v) is 4.96. The van der Waals surface area contributed by atoms with Gasteiger partial charge in [-0.3, -0.25) is 9.69 Å². The maximum absolute atomic E-state index is 14.1. The van der Waals surface area contributed by atoms with Gasteiger partial charge in [-0.1, -0.05) is 32.9 Å². The smallest absolute Gasteiger partial charge is 0.225 e. The number of nitrogens with zero attached hydrogens (tertiary/aromatic N) is 2. The average molecular weight is 373 g/mol. The molecule has 1 fully saturated rings. The number of carbonyl (C=O) groups is 1. The summed E-state index contributed by atoms with van der Waals surface area (Å²) in [5, 5.41) is 3.05. The highest BCUT2D eigenvalue weighted by molar-refractivity contribution is 5.81. The molecule has 1 aliphatic heterocycles. The van der Waals surface area contributed by atoms with Gasteiger partial charge in [-0.05, 0) is 24.3 Å². The number of rotatable bonds is 5. The molecule has 2 aromatic rings. The molecular formula is C21H28FN3O2. The first-order valence-electron chi connectivity index (χ1n) is 9.41. The minimum Gasteiger partial charge on any atom is -0.468 e. The van der Waals surface area contributed by atoms with Gasteiger partial charge >= 0.3 is 0 Å². The molecule has 0 spiro atoms.